The van der Waals surface area contributed by atoms with Crippen molar-refractivity contribution >= 4 is 5.97 Å². The van der Waals surface area contributed by atoms with Gasteiger partial charge in [0.15, 0.2) is 0 Å². The molecule has 0 aromatic heterocycles. The molecule has 0 saturated heterocycles. The quantitative estimate of drug-likeness (QED) is 0.829. The Morgan fingerprint density at radius 3 is 2.65 bits per heavy atom. The van der Waals surface area contributed by atoms with E-state index in [0.717, 1.165) is 24.8 Å². The summed E-state index contributed by atoms with van der Waals surface area (Å²) in [7, 11) is 0. The highest BCUT2D eigenvalue weighted by molar-refractivity contribution is 5.76. The first kappa shape index (κ1) is 14.9. The van der Waals surface area contributed by atoms with E-state index in [1.807, 2.05) is 0 Å². The lowest BCUT2D eigenvalue weighted by Gasteiger charge is -2.29. The summed E-state index contributed by atoms with van der Waals surface area (Å²) >= 11 is 0. The van der Waals surface area contributed by atoms with Crippen LogP contribution in [0.4, 0.5) is 0 Å². The summed E-state index contributed by atoms with van der Waals surface area (Å²) in [6.45, 7) is 2.13. The van der Waals surface area contributed by atoms with Crippen LogP contribution in [-0.4, -0.2) is 23.2 Å². The van der Waals surface area contributed by atoms with Gasteiger partial charge in [-0.25, -0.2) is 0 Å². The molecule has 0 bridgehead atoms. The van der Waals surface area contributed by atoms with E-state index in [0.29, 0.717) is 12.3 Å². The van der Waals surface area contributed by atoms with Crippen LogP contribution in [0, 0.1) is 5.92 Å². The van der Waals surface area contributed by atoms with Gasteiger partial charge in [0.1, 0.15) is 17.9 Å². The van der Waals surface area contributed by atoms with Gasteiger partial charge in [-0.3, -0.25) is 4.79 Å². The molecule has 4 nitrogen and oxygen atoms in total. The third kappa shape index (κ3) is 3.97. The molecule has 2 rings (SSSR count). The van der Waals surface area contributed by atoms with E-state index < -0.39 is 6.04 Å². The number of rotatable bonds is 4. The van der Waals surface area contributed by atoms with Crippen LogP contribution >= 0.6 is 0 Å². The Morgan fingerprint density at radius 2 is 2.00 bits per heavy atom. The van der Waals surface area contributed by atoms with Crippen molar-refractivity contribution in [3.05, 3.63) is 29.8 Å². The second kappa shape index (κ2) is 6.75. The van der Waals surface area contributed by atoms with Gasteiger partial charge in [-0.15, -0.1) is 0 Å². The van der Waals surface area contributed by atoms with Gasteiger partial charge >= 0.3 is 5.97 Å². The van der Waals surface area contributed by atoms with Crippen molar-refractivity contribution in [2.24, 2.45) is 11.7 Å². The van der Waals surface area contributed by atoms with E-state index >= 15 is 0 Å². The van der Waals surface area contributed by atoms with Crippen molar-refractivity contribution in [2.75, 3.05) is 0 Å². The molecule has 0 amide bonds. The minimum atomic E-state index is -0.645. The maximum Gasteiger partial charge on any atom is 0.323 e. The van der Waals surface area contributed by atoms with Gasteiger partial charge in [0.25, 0.3) is 0 Å². The van der Waals surface area contributed by atoms with Gasteiger partial charge in [-0.2, -0.15) is 0 Å². The van der Waals surface area contributed by atoms with Crippen LogP contribution in [0.3, 0.4) is 0 Å². The summed E-state index contributed by atoms with van der Waals surface area (Å²) in [6, 6.07) is 6.08. The number of phenolic OH excluding ortho intramolecular Hbond substituents is 1. The Labute approximate surface area is 119 Å². The SMILES string of the molecule is CC1CCCCC1OC(=O)C(N)Cc1ccc(O)cc1. The Bertz CT molecular complexity index is 444. The lowest BCUT2D eigenvalue weighted by Crippen LogP contribution is -2.39. The highest BCUT2D eigenvalue weighted by Gasteiger charge is 2.27. The number of nitrogens with two attached hydrogens (primary N) is 1. The van der Waals surface area contributed by atoms with Crippen LogP contribution in [0.15, 0.2) is 24.3 Å². The van der Waals surface area contributed by atoms with Gasteiger partial charge < -0.3 is 15.6 Å². The number of carbonyl (C=O) groups excluding carboxylic acids is 1. The molecule has 0 heterocycles. The second-order valence-corrected chi connectivity index (χ2v) is 5.71. The molecule has 1 aliphatic rings. The van der Waals surface area contributed by atoms with Gasteiger partial charge in [0.05, 0.1) is 0 Å². The Hall–Kier alpha value is -1.55. The van der Waals surface area contributed by atoms with Crippen molar-refractivity contribution in [1.82, 2.24) is 0 Å². The summed E-state index contributed by atoms with van der Waals surface area (Å²) in [5, 5.41) is 9.22. The van der Waals surface area contributed by atoms with E-state index in [2.05, 4.69) is 6.92 Å². The van der Waals surface area contributed by atoms with Gasteiger partial charge in [0, 0.05) is 0 Å². The lowest BCUT2D eigenvalue weighted by molar-refractivity contribution is -0.154. The zero-order valence-electron chi connectivity index (χ0n) is 11.9. The van der Waals surface area contributed by atoms with Crippen molar-refractivity contribution in [3.8, 4) is 5.75 Å². The maximum absolute atomic E-state index is 12.0. The predicted octanol–water partition coefficient (Wildman–Crippen LogP) is 2.38. The van der Waals surface area contributed by atoms with Gasteiger partial charge in [-0.05, 0) is 49.3 Å². The van der Waals surface area contributed by atoms with Gasteiger partial charge in [-0.1, -0.05) is 25.5 Å². The third-order valence-electron chi connectivity index (χ3n) is 4.00. The van der Waals surface area contributed by atoms with Crippen molar-refractivity contribution < 1.29 is 14.6 Å². The molecule has 0 radical (unpaired) electrons. The maximum atomic E-state index is 12.0. The molecule has 1 aliphatic carbocycles. The number of hydrogen-bond acceptors (Lipinski definition) is 4. The number of carbonyl (C=O) groups is 1. The average molecular weight is 277 g/mol. The molecule has 1 fully saturated rings. The smallest absolute Gasteiger partial charge is 0.323 e. The average Bonchev–Trinajstić information content (AvgIpc) is 2.44. The monoisotopic (exact) mass is 277 g/mol. The number of hydrogen-bond donors (Lipinski definition) is 2. The molecular weight excluding hydrogens is 254 g/mol. The molecule has 20 heavy (non-hydrogen) atoms. The van der Waals surface area contributed by atoms with Crippen LogP contribution in [0.2, 0.25) is 0 Å². The number of aromatic hydroxyl groups is 1. The van der Waals surface area contributed by atoms with E-state index in [1.165, 1.54) is 6.42 Å². The molecule has 1 aromatic rings. The molecule has 1 saturated carbocycles. The fourth-order valence-electron chi connectivity index (χ4n) is 2.66. The number of phenols is 1. The van der Waals surface area contributed by atoms with E-state index in [-0.39, 0.29) is 17.8 Å². The van der Waals surface area contributed by atoms with E-state index in [9.17, 15) is 9.90 Å². The van der Waals surface area contributed by atoms with Crippen LogP contribution in [0.1, 0.15) is 38.2 Å². The number of ether oxygens (including phenoxy) is 1. The predicted molar refractivity (Wildman–Crippen MR) is 77.3 cm³/mol. The summed E-state index contributed by atoms with van der Waals surface area (Å²) < 4.78 is 5.55. The molecule has 0 aliphatic heterocycles. The number of benzene rings is 1. The minimum Gasteiger partial charge on any atom is -0.508 e. The molecule has 4 heteroatoms. The van der Waals surface area contributed by atoms with E-state index in [4.69, 9.17) is 10.5 Å². The molecule has 3 unspecified atom stereocenters. The molecule has 3 N–H and O–H groups in total. The highest BCUT2D eigenvalue weighted by Crippen LogP contribution is 2.26. The number of esters is 1. The Morgan fingerprint density at radius 1 is 1.35 bits per heavy atom. The summed E-state index contributed by atoms with van der Waals surface area (Å²) in [4.78, 5) is 12.0. The topological polar surface area (TPSA) is 72.5 Å². The second-order valence-electron chi connectivity index (χ2n) is 5.71. The van der Waals surface area contributed by atoms with Crippen LogP contribution < -0.4 is 5.73 Å². The molecule has 1 aromatic carbocycles. The standard InChI is InChI=1S/C16H23NO3/c1-11-4-2-3-5-15(11)20-16(19)14(17)10-12-6-8-13(18)9-7-12/h6-9,11,14-15,18H,2-5,10,17H2,1H3. The fourth-order valence-corrected chi connectivity index (χ4v) is 2.66. The molecule has 3 atom stereocenters. The largest absolute Gasteiger partial charge is 0.508 e. The van der Waals surface area contributed by atoms with E-state index in [1.54, 1.807) is 24.3 Å². The molecule has 0 spiro atoms. The van der Waals surface area contributed by atoms with Crippen molar-refractivity contribution in [2.45, 2.75) is 51.2 Å². The van der Waals surface area contributed by atoms with Crippen LogP contribution in [0.5, 0.6) is 5.75 Å². The third-order valence-corrected chi connectivity index (χ3v) is 4.00. The zero-order chi connectivity index (χ0) is 14.5. The summed E-state index contributed by atoms with van der Waals surface area (Å²) in [5.41, 5.74) is 6.83. The normalized spacial score (nSPS) is 24.1. The molecular formula is C16H23NO3. The summed E-state index contributed by atoms with van der Waals surface area (Å²) in [5.74, 6) is 0.311. The van der Waals surface area contributed by atoms with Crippen LogP contribution in [-0.2, 0) is 16.0 Å². The lowest BCUT2D eigenvalue weighted by atomic mass is 9.88. The van der Waals surface area contributed by atoms with Crippen molar-refractivity contribution in [1.29, 1.82) is 0 Å². The van der Waals surface area contributed by atoms with Gasteiger partial charge in [0.2, 0.25) is 0 Å². The highest BCUT2D eigenvalue weighted by atomic mass is 16.5. The first-order valence-electron chi connectivity index (χ1n) is 7.30. The molecule has 110 valence electrons. The first-order chi connectivity index (χ1) is 9.56. The summed E-state index contributed by atoms with van der Waals surface area (Å²) in [6.07, 6.45) is 4.84. The first-order valence-corrected chi connectivity index (χ1v) is 7.30. The zero-order valence-corrected chi connectivity index (χ0v) is 11.9. The Kier molecular flexibility index (Phi) is 5.01. The van der Waals surface area contributed by atoms with Crippen molar-refractivity contribution in [3.63, 3.8) is 0 Å². The minimum absolute atomic E-state index is 0.0158. The van der Waals surface area contributed by atoms with Crippen LogP contribution in [0.25, 0.3) is 0 Å². The Balaban J connectivity index is 1.86. The fraction of sp³-hybridized carbons (Fsp3) is 0.562.